The van der Waals surface area contributed by atoms with Crippen LogP contribution in [0.2, 0.25) is 0 Å². The quantitative estimate of drug-likeness (QED) is 0.596. The van der Waals surface area contributed by atoms with Gasteiger partial charge in [0.05, 0.1) is 18.1 Å². The molecule has 2 fully saturated rings. The average molecular weight is 384 g/mol. The highest BCUT2D eigenvalue weighted by Gasteiger charge is 2.25. The Morgan fingerprint density at radius 2 is 2.04 bits per heavy atom. The summed E-state index contributed by atoms with van der Waals surface area (Å²) in [5.41, 5.74) is 0.930. The van der Waals surface area contributed by atoms with Gasteiger partial charge in [-0.2, -0.15) is 4.98 Å². The number of aromatic nitrogens is 2. The molecule has 2 saturated heterocycles. The van der Waals surface area contributed by atoms with Gasteiger partial charge in [0.1, 0.15) is 5.82 Å². The van der Waals surface area contributed by atoms with E-state index < -0.39 is 0 Å². The number of likely N-dealkylation sites (tertiary alicyclic amines) is 1. The lowest BCUT2D eigenvalue weighted by Crippen LogP contribution is -2.37. The molecule has 1 N–H and O–H groups in total. The minimum atomic E-state index is -0.313. The normalized spacial score (nSPS) is 20.3. The average Bonchev–Trinajstić information content (AvgIpc) is 3.16. The molecular weight excluding hydrogens is 360 g/mol. The number of rotatable bonds is 6. The van der Waals surface area contributed by atoms with E-state index in [9.17, 15) is 10.1 Å². The fraction of sp³-hybridized carbons (Fsp3) is 0.474. The van der Waals surface area contributed by atoms with E-state index in [0.717, 1.165) is 57.2 Å². The standard InChI is InChI=1S/C19H24N6O3/c26-25(27)17-4-2-1-3-15(17)13-23-8-6-16(14-23)21-19-20-7-5-18(22-19)24-9-11-28-12-10-24/h1-5,7,16H,6,8-14H2,(H,20,21,22). The van der Waals surface area contributed by atoms with Gasteiger partial charge < -0.3 is 15.0 Å². The van der Waals surface area contributed by atoms with Crippen LogP contribution in [0.15, 0.2) is 36.5 Å². The number of nitrogens with zero attached hydrogens (tertiary/aromatic N) is 5. The number of nitro groups is 1. The number of nitro benzene ring substituents is 1. The van der Waals surface area contributed by atoms with Crippen molar-refractivity contribution in [3.63, 3.8) is 0 Å². The van der Waals surface area contributed by atoms with Crippen molar-refractivity contribution in [2.75, 3.05) is 49.6 Å². The number of ether oxygens (including phenoxy) is 1. The van der Waals surface area contributed by atoms with Crippen molar-refractivity contribution >= 4 is 17.5 Å². The molecule has 1 aromatic carbocycles. The van der Waals surface area contributed by atoms with E-state index >= 15 is 0 Å². The summed E-state index contributed by atoms with van der Waals surface area (Å²) in [5, 5.41) is 14.6. The molecule has 9 heteroatoms. The molecular formula is C19H24N6O3. The zero-order valence-corrected chi connectivity index (χ0v) is 15.7. The Balaban J connectivity index is 1.36. The van der Waals surface area contributed by atoms with Gasteiger partial charge in [0.2, 0.25) is 5.95 Å². The number of anilines is 2. The van der Waals surface area contributed by atoms with Gasteiger partial charge in [0.25, 0.3) is 5.69 Å². The third-order valence-electron chi connectivity index (χ3n) is 5.16. The van der Waals surface area contributed by atoms with Crippen molar-refractivity contribution in [1.82, 2.24) is 14.9 Å². The number of nitrogens with one attached hydrogen (secondary N) is 1. The lowest BCUT2D eigenvalue weighted by molar-refractivity contribution is -0.385. The topological polar surface area (TPSA) is 96.7 Å². The molecule has 0 radical (unpaired) electrons. The number of benzene rings is 1. The third kappa shape index (κ3) is 4.37. The first-order valence-corrected chi connectivity index (χ1v) is 9.56. The zero-order chi connectivity index (χ0) is 19.3. The van der Waals surface area contributed by atoms with Crippen LogP contribution in [-0.2, 0) is 11.3 Å². The summed E-state index contributed by atoms with van der Waals surface area (Å²) >= 11 is 0. The molecule has 0 spiro atoms. The SMILES string of the molecule is O=[N+]([O-])c1ccccc1CN1CCC(Nc2nccc(N3CCOCC3)n2)C1. The summed E-state index contributed by atoms with van der Waals surface area (Å²) in [6, 6.07) is 9.09. The predicted molar refractivity (Wildman–Crippen MR) is 105 cm³/mol. The van der Waals surface area contributed by atoms with Gasteiger partial charge in [0, 0.05) is 56.6 Å². The zero-order valence-electron chi connectivity index (χ0n) is 15.7. The van der Waals surface area contributed by atoms with Crippen LogP contribution in [0.1, 0.15) is 12.0 Å². The molecule has 0 bridgehead atoms. The number of hydrogen-bond donors (Lipinski definition) is 1. The van der Waals surface area contributed by atoms with E-state index in [4.69, 9.17) is 4.74 Å². The second-order valence-electron chi connectivity index (χ2n) is 7.09. The molecule has 1 unspecified atom stereocenters. The summed E-state index contributed by atoms with van der Waals surface area (Å²) in [6.07, 6.45) is 2.73. The summed E-state index contributed by atoms with van der Waals surface area (Å²) < 4.78 is 5.39. The van der Waals surface area contributed by atoms with E-state index in [2.05, 4.69) is 25.1 Å². The fourth-order valence-corrected chi connectivity index (χ4v) is 3.73. The largest absolute Gasteiger partial charge is 0.378 e. The Morgan fingerprint density at radius 1 is 1.21 bits per heavy atom. The minimum Gasteiger partial charge on any atom is -0.378 e. The summed E-state index contributed by atoms with van der Waals surface area (Å²) in [4.78, 5) is 24.3. The molecule has 1 atom stereocenters. The molecule has 148 valence electrons. The lowest BCUT2D eigenvalue weighted by Gasteiger charge is -2.28. The summed E-state index contributed by atoms with van der Waals surface area (Å²) in [6.45, 7) is 5.37. The van der Waals surface area contributed by atoms with Gasteiger partial charge in [0.15, 0.2) is 0 Å². The molecule has 0 aliphatic carbocycles. The maximum Gasteiger partial charge on any atom is 0.273 e. The highest BCUT2D eigenvalue weighted by Crippen LogP contribution is 2.23. The van der Waals surface area contributed by atoms with Crippen LogP contribution in [0.5, 0.6) is 0 Å². The lowest BCUT2D eigenvalue weighted by atomic mass is 10.1. The van der Waals surface area contributed by atoms with Crippen molar-refractivity contribution < 1.29 is 9.66 Å². The Bertz CT molecular complexity index is 827. The second-order valence-corrected chi connectivity index (χ2v) is 7.09. The monoisotopic (exact) mass is 384 g/mol. The van der Waals surface area contributed by atoms with Gasteiger partial charge in [-0.05, 0) is 12.5 Å². The van der Waals surface area contributed by atoms with Crippen LogP contribution >= 0.6 is 0 Å². The molecule has 0 amide bonds. The molecule has 3 heterocycles. The number of hydrogen-bond acceptors (Lipinski definition) is 8. The van der Waals surface area contributed by atoms with Crippen LogP contribution in [0.25, 0.3) is 0 Å². The first kappa shape index (κ1) is 18.6. The summed E-state index contributed by atoms with van der Waals surface area (Å²) in [7, 11) is 0. The van der Waals surface area contributed by atoms with E-state index in [1.165, 1.54) is 0 Å². The minimum absolute atomic E-state index is 0.181. The van der Waals surface area contributed by atoms with Crippen LogP contribution in [-0.4, -0.2) is 65.2 Å². The van der Waals surface area contributed by atoms with Crippen LogP contribution in [0.4, 0.5) is 17.5 Å². The smallest absolute Gasteiger partial charge is 0.273 e. The van der Waals surface area contributed by atoms with E-state index in [1.807, 2.05) is 18.2 Å². The van der Waals surface area contributed by atoms with E-state index in [-0.39, 0.29) is 16.7 Å². The van der Waals surface area contributed by atoms with Gasteiger partial charge >= 0.3 is 0 Å². The molecule has 2 aliphatic rings. The van der Waals surface area contributed by atoms with Crippen LogP contribution < -0.4 is 10.2 Å². The highest BCUT2D eigenvalue weighted by molar-refractivity contribution is 5.43. The Hall–Kier alpha value is -2.78. The van der Waals surface area contributed by atoms with Crippen LogP contribution in [0.3, 0.4) is 0 Å². The Kier molecular flexibility index (Phi) is 5.63. The number of morpholine rings is 1. The Morgan fingerprint density at radius 3 is 2.86 bits per heavy atom. The first-order valence-electron chi connectivity index (χ1n) is 9.56. The van der Waals surface area contributed by atoms with Gasteiger partial charge in [-0.25, -0.2) is 4.98 Å². The number of para-hydroxylation sites is 1. The first-order chi connectivity index (χ1) is 13.7. The third-order valence-corrected chi connectivity index (χ3v) is 5.16. The van der Waals surface area contributed by atoms with Crippen molar-refractivity contribution in [3.05, 3.63) is 52.2 Å². The van der Waals surface area contributed by atoms with Crippen molar-refractivity contribution in [1.29, 1.82) is 0 Å². The van der Waals surface area contributed by atoms with E-state index in [0.29, 0.717) is 12.5 Å². The second kappa shape index (κ2) is 8.49. The van der Waals surface area contributed by atoms with E-state index in [1.54, 1.807) is 18.3 Å². The van der Waals surface area contributed by atoms with Gasteiger partial charge in [-0.3, -0.25) is 15.0 Å². The van der Waals surface area contributed by atoms with Crippen molar-refractivity contribution in [3.8, 4) is 0 Å². The molecule has 9 nitrogen and oxygen atoms in total. The maximum absolute atomic E-state index is 11.2. The fourth-order valence-electron chi connectivity index (χ4n) is 3.73. The predicted octanol–water partition coefficient (Wildman–Crippen LogP) is 1.91. The molecule has 28 heavy (non-hydrogen) atoms. The molecule has 2 aromatic rings. The maximum atomic E-state index is 11.2. The summed E-state index contributed by atoms with van der Waals surface area (Å²) in [5.74, 6) is 1.54. The molecule has 1 aromatic heterocycles. The van der Waals surface area contributed by atoms with Crippen molar-refractivity contribution in [2.45, 2.75) is 19.0 Å². The molecule has 4 rings (SSSR count). The van der Waals surface area contributed by atoms with Crippen molar-refractivity contribution in [2.24, 2.45) is 0 Å². The van der Waals surface area contributed by atoms with Gasteiger partial charge in [-0.1, -0.05) is 18.2 Å². The Labute approximate surface area is 163 Å². The highest BCUT2D eigenvalue weighted by atomic mass is 16.6. The van der Waals surface area contributed by atoms with Crippen LogP contribution in [0, 0.1) is 10.1 Å². The molecule has 0 saturated carbocycles. The van der Waals surface area contributed by atoms with Gasteiger partial charge in [-0.15, -0.1) is 0 Å². The molecule has 2 aliphatic heterocycles.